The summed E-state index contributed by atoms with van der Waals surface area (Å²) >= 11 is 0. The third kappa shape index (κ3) is 4.95. The molecule has 4 heteroatoms. The van der Waals surface area contributed by atoms with Crippen LogP contribution >= 0.6 is 12.4 Å². The number of carbonyl (C=O) groups excluding carboxylic acids is 1. The predicted molar refractivity (Wildman–Crippen MR) is 118 cm³/mol. The Labute approximate surface area is 175 Å². The van der Waals surface area contributed by atoms with Crippen molar-refractivity contribution >= 4 is 24.0 Å². The summed E-state index contributed by atoms with van der Waals surface area (Å²) in [6.07, 6.45) is 5.38. The Bertz CT molecular complexity index is 767. The molecular formula is C24H31ClN2O. The molecule has 1 amide bonds. The second kappa shape index (κ2) is 9.58. The van der Waals surface area contributed by atoms with Crippen molar-refractivity contribution in [2.45, 2.75) is 45.1 Å². The van der Waals surface area contributed by atoms with Gasteiger partial charge in [0.1, 0.15) is 0 Å². The second-order valence-electron chi connectivity index (χ2n) is 8.08. The van der Waals surface area contributed by atoms with E-state index < -0.39 is 0 Å². The van der Waals surface area contributed by atoms with E-state index in [0.29, 0.717) is 11.9 Å². The molecule has 0 radical (unpaired) electrons. The maximum Gasteiger partial charge on any atom is 0.230 e. The monoisotopic (exact) mass is 398 g/mol. The molecule has 1 saturated heterocycles. The van der Waals surface area contributed by atoms with Gasteiger partial charge >= 0.3 is 0 Å². The van der Waals surface area contributed by atoms with Gasteiger partial charge < -0.3 is 9.80 Å². The molecule has 28 heavy (non-hydrogen) atoms. The molecule has 2 aliphatic rings. The standard InChI is InChI=1S/C24H30N2O.ClH/c1-19-7-5-6-10-23(19)26(24(27)21-11-12-21)22-14-17-25(18-15-22)16-13-20-8-3-2-4-9-20;/h2-10,21-22H,11-18H2,1H3;1H. The first-order valence-electron chi connectivity index (χ1n) is 10.4. The summed E-state index contributed by atoms with van der Waals surface area (Å²) in [5.74, 6) is 0.618. The minimum Gasteiger partial charge on any atom is -0.309 e. The van der Waals surface area contributed by atoms with E-state index in [-0.39, 0.29) is 18.3 Å². The number of nitrogens with zero attached hydrogens (tertiary/aromatic N) is 2. The largest absolute Gasteiger partial charge is 0.309 e. The van der Waals surface area contributed by atoms with Gasteiger partial charge in [-0.15, -0.1) is 12.4 Å². The number of carbonyl (C=O) groups is 1. The van der Waals surface area contributed by atoms with Crippen LogP contribution in [-0.2, 0) is 11.2 Å². The Morgan fingerprint density at radius 3 is 2.25 bits per heavy atom. The van der Waals surface area contributed by atoms with Crippen molar-refractivity contribution in [1.29, 1.82) is 0 Å². The second-order valence-corrected chi connectivity index (χ2v) is 8.08. The van der Waals surface area contributed by atoms with Gasteiger partial charge in [0, 0.05) is 37.3 Å². The van der Waals surface area contributed by atoms with Crippen LogP contribution in [0.2, 0.25) is 0 Å². The van der Waals surface area contributed by atoms with Crippen molar-refractivity contribution in [2.24, 2.45) is 5.92 Å². The molecule has 2 aromatic rings. The molecule has 150 valence electrons. The first kappa shape index (κ1) is 20.9. The molecule has 1 heterocycles. The lowest BCUT2D eigenvalue weighted by atomic mass is 9.99. The third-order valence-corrected chi connectivity index (χ3v) is 6.02. The van der Waals surface area contributed by atoms with Crippen molar-refractivity contribution in [1.82, 2.24) is 4.90 Å². The van der Waals surface area contributed by atoms with Crippen molar-refractivity contribution < 1.29 is 4.79 Å². The summed E-state index contributed by atoms with van der Waals surface area (Å²) in [5, 5.41) is 0. The number of rotatable bonds is 6. The average molecular weight is 399 g/mol. The lowest BCUT2D eigenvalue weighted by molar-refractivity contribution is -0.120. The molecule has 2 fully saturated rings. The maximum absolute atomic E-state index is 13.1. The zero-order valence-electron chi connectivity index (χ0n) is 16.7. The van der Waals surface area contributed by atoms with Crippen LogP contribution in [-0.4, -0.2) is 36.5 Å². The number of aryl methyl sites for hydroxylation is 1. The molecule has 0 bridgehead atoms. The zero-order chi connectivity index (χ0) is 18.6. The molecule has 0 unspecified atom stereocenters. The Morgan fingerprint density at radius 1 is 0.964 bits per heavy atom. The average Bonchev–Trinajstić information content (AvgIpc) is 3.55. The molecule has 0 aromatic heterocycles. The summed E-state index contributed by atoms with van der Waals surface area (Å²) in [6, 6.07) is 19.4. The molecule has 3 nitrogen and oxygen atoms in total. The van der Waals surface area contributed by atoms with Gasteiger partial charge in [-0.05, 0) is 56.2 Å². The predicted octanol–water partition coefficient (Wildman–Crippen LogP) is 4.87. The molecule has 4 rings (SSSR count). The Morgan fingerprint density at radius 2 is 1.61 bits per heavy atom. The smallest absolute Gasteiger partial charge is 0.230 e. The van der Waals surface area contributed by atoms with Gasteiger partial charge in [0.2, 0.25) is 5.91 Å². The van der Waals surface area contributed by atoms with E-state index in [1.54, 1.807) is 0 Å². The quantitative estimate of drug-likeness (QED) is 0.693. The summed E-state index contributed by atoms with van der Waals surface area (Å²) in [4.78, 5) is 17.8. The number of hydrogen-bond donors (Lipinski definition) is 0. The van der Waals surface area contributed by atoms with E-state index in [0.717, 1.165) is 57.4 Å². The number of para-hydroxylation sites is 1. The van der Waals surface area contributed by atoms with Crippen molar-refractivity contribution in [2.75, 3.05) is 24.5 Å². The molecule has 2 aromatic carbocycles. The van der Waals surface area contributed by atoms with Gasteiger partial charge in [0.05, 0.1) is 0 Å². The summed E-state index contributed by atoms with van der Waals surface area (Å²) in [7, 11) is 0. The number of likely N-dealkylation sites (tertiary alicyclic amines) is 1. The van der Waals surface area contributed by atoms with E-state index in [9.17, 15) is 4.79 Å². The molecule has 1 saturated carbocycles. The van der Waals surface area contributed by atoms with Gasteiger partial charge in [-0.2, -0.15) is 0 Å². The first-order chi connectivity index (χ1) is 13.2. The summed E-state index contributed by atoms with van der Waals surface area (Å²) < 4.78 is 0. The third-order valence-electron chi connectivity index (χ3n) is 6.02. The van der Waals surface area contributed by atoms with Crippen LogP contribution in [0, 0.1) is 12.8 Å². The SMILES string of the molecule is Cc1ccccc1N(C(=O)C1CC1)C1CCN(CCc2ccccc2)CC1.Cl. The molecule has 1 aliphatic heterocycles. The Hall–Kier alpha value is -1.84. The number of hydrogen-bond acceptors (Lipinski definition) is 2. The highest BCUT2D eigenvalue weighted by molar-refractivity contribution is 5.97. The number of amides is 1. The normalized spacial score (nSPS) is 17.8. The maximum atomic E-state index is 13.1. The van der Waals surface area contributed by atoms with E-state index in [1.807, 2.05) is 0 Å². The van der Waals surface area contributed by atoms with Crippen LogP contribution in [0.1, 0.15) is 36.8 Å². The van der Waals surface area contributed by atoms with E-state index in [4.69, 9.17) is 0 Å². The number of halogens is 1. The molecule has 1 aliphatic carbocycles. The van der Waals surface area contributed by atoms with Crippen molar-refractivity contribution in [3.63, 3.8) is 0 Å². The lowest BCUT2D eigenvalue weighted by Gasteiger charge is -2.39. The van der Waals surface area contributed by atoms with Crippen molar-refractivity contribution in [3.05, 3.63) is 65.7 Å². The minimum atomic E-state index is 0. The van der Waals surface area contributed by atoms with Crippen LogP contribution in [0.15, 0.2) is 54.6 Å². The topological polar surface area (TPSA) is 23.6 Å². The summed E-state index contributed by atoms with van der Waals surface area (Å²) in [5.41, 5.74) is 3.74. The summed E-state index contributed by atoms with van der Waals surface area (Å²) in [6.45, 7) is 5.39. The van der Waals surface area contributed by atoms with Crippen LogP contribution in [0.5, 0.6) is 0 Å². The fourth-order valence-electron chi connectivity index (χ4n) is 4.19. The van der Waals surface area contributed by atoms with Crippen LogP contribution in [0.4, 0.5) is 5.69 Å². The molecular weight excluding hydrogens is 368 g/mol. The molecule has 0 spiro atoms. The van der Waals surface area contributed by atoms with Crippen LogP contribution in [0.25, 0.3) is 0 Å². The molecule has 0 atom stereocenters. The minimum absolute atomic E-state index is 0. The number of benzene rings is 2. The highest BCUT2D eigenvalue weighted by Crippen LogP contribution is 2.36. The van der Waals surface area contributed by atoms with Gasteiger partial charge in [-0.25, -0.2) is 0 Å². The highest BCUT2D eigenvalue weighted by atomic mass is 35.5. The van der Waals surface area contributed by atoms with Crippen LogP contribution < -0.4 is 4.90 Å². The van der Waals surface area contributed by atoms with Gasteiger partial charge in [-0.1, -0.05) is 48.5 Å². The fourth-order valence-corrected chi connectivity index (χ4v) is 4.19. The lowest BCUT2D eigenvalue weighted by Crippen LogP contribution is -2.48. The van der Waals surface area contributed by atoms with Gasteiger partial charge in [0.25, 0.3) is 0 Å². The molecule has 0 N–H and O–H groups in total. The first-order valence-corrected chi connectivity index (χ1v) is 10.4. The Balaban J connectivity index is 0.00000225. The van der Waals surface area contributed by atoms with E-state index in [1.165, 1.54) is 11.1 Å². The van der Waals surface area contributed by atoms with Gasteiger partial charge in [0.15, 0.2) is 0 Å². The van der Waals surface area contributed by atoms with E-state index >= 15 is 0 Å². The van der Waals surface area contributed by atoms with Gasteiger partial charge in [-0.3, -0.25) is 4.79 Å². The Kier molecular flexibility index (Phi) is 7.14. The van der Waals surface area contributed by atoms with Crippen molar-refractivity contribution in [3.8, 4) is 0 Å². The fraction of sp³-hybridized carbons (Fsp3) is 0.458. The van der Waals surface area contributed by atoms with Crippen LogP contribution in [0.3, 0.4) is 0 Å². The number of anilines is 1. The highest BCUT2D eigenvalue weighted by Gasteiger charge is 2.38. The number of piperidine rings is 1. The zero-order valence-corrected chi connectivity index (χ0v) is 17.5. The van der Waals surface area contributed by atoms with E-state index in [2.05, 4.69) is 71.3 Å².